The number of carbonyl (C=O) groups excluding carboxylic acids is 1. The van der Waals surface area contributed by atoms with E-state index in [4.69, 9.17) is 0 Å². The van der Waals surface area contributed by atoms with Gasteiger partial charge in [-0.3, -0.25) is 4.79 Å². The van der Waals surface area contributed by atoms with Gasteiger partial charge in [0.2, 0.25) is 5.91 Å². The van der Waals surface area contributed by atoms with Gasteiger partial charge in [0.15, 0.2) is 0 Å². The predicted molar refractivity (Wildman–Crippen MR) is 89.8 cm³/mol. The number of benzene rings is 2. The van der Waals surface area contributed by atoms with Crippen LogP contribution in [0.1, 0.15) is 17.5 Å². The van der Waals surface area contributed by atoms with Crippen molar-refractivity contribution in [1.82, 2.24) is 9.88 Å². The third kappa shape index (κ3) is 3.26. The van der Waals surface area contributed by atoms with Gasteiger partial charge < -0.3 is 9.88 Å². The van der Waals surface area contributed by atoms with E-state index < -0.39 is 0 Å². The van der Waals surface area contributed by atoms with Crippen LogP contribution < -0.4 is 5.32 Å². The minimum Gasteiger partial charge on any atom is -0.359 e. The highest BCUT2D eigenvalue weighted by molar-refractivity contribution is 5.85. The number of nitrogens with zero attached hydrogens (tertiary/aromatic N) is 1. The molecule has 0 bridgehead atoms. The number of hydrogen-bond donors (Lipinski definition) is 1. The van der Waals surface area contributed by atoms with Crippen LogP contribution in [0.25, 0.3) is 10.9 Å². The Morgan fingerprint density at radius 1 is 1.09 bits per heavy atom. The van der Waals surface area contributed by atoms with Gasteiger partial charge in [0.1, 0.15) is 5.82 Å². The molecule has 3 nitrogen and oxygen atoms in total. The molecule has 0 fully saturated rings. The Hall–Kier alpha value is -2.62. The number of hydrogen-bond acceptors (Lipinski definition) is 1. The number of aryl methyl sites for hydroxylation is 1. The van der Waals surface area contributed by atoms with E-state index in [2.05, 4.69) is 5.32 Å². The number of para-hydroxylation sites is 1. The first kappa shape index (κ1) is 15.3. The van der Waals surface area contributed by atoms with Crippen LogP contribution in [-0.2, 0) is 17.8 Å². The SMILES string of the molecule is CNC(=O)CCc1cn(Cc2ccccc2F)c2ccccc12. The predicted octanol–water partition coefficient (Wildman–Crippen LogP) is 3.51. The second kappa shape index (κ2) is 6.65. The van der Waals surface area contributed by atoms with E-state index in [1.807, 2.05) is 41.1 Å². The lowest BCUT2D eigenvalue weighted by Gasteiger charge is -2.06. The minimum absolute atomic E-state index is 0.0240. The first-order chi connectivity index (χ1) is 11.2. The average Bonchev–Trinajstić information content (AvgIpc) is 2.93. The van der Waals surface area contributed by atoms with Gasteiger partial charge in [-0.15, -0.1) is 0 Å². The van der Waals surface area contributed by atoms with Crippen molar-refractivity contribution in [2.45, 2.75) is 19.4 Å². The number of halogens is 1. The quantitative estimate of drug-likeness (QED) is 0.769. The van der Waals surface area contributed by atoms with Crippen LogP contribution in [0.15, 0.2) is 54.7 Å². The molecular weight excluding hydrogens is 291 g/mol. The first-order valence-corrected chi connectivity index (χ1v) is 7.70. The van der Waals surface area contributed by atoms with Crippen LogP contribution in [0, 0.1) is 5.82 Å². The standard InChI is InChI=1S/C19H19FN2O/c1-21-19(23)11-10-14-12-22(18-9-5-3-7-16(14)18)13-15-6-2-4-8-17(15)20/h2-9,12H,10-11,13H2,1H3,(H,21,23). The summed E-state index contributed by atoms with van der Waals surface area (Å²) < 4.78 is 16.0. The normalized spacial score (nSPS) is 10.9. The average molecular weight is 310 g/mol. The summed E-state index contributed by atoms with van der Waals surface area (Å²) in [7, 11) is 1.64. The van der Waals surface area contributed by atoms with Crippen LogP contribution in [0.3, 0.4) is 0 Å². The van der Waals surface area contributed by atoms with E-state index in [-0.39, 0.29) is 11.7 Å². The largest absolute Gasteiger partial charge is 0.359 e. The Morgan fingerprint density at radius 3 is 2.61 bits per heavy atom. The van der Waals surface area contributed by atoms with Crippen molar-refractivity contribution in [3.05, 3.63) is 71.7 Å². The molecule has 0 atom stereocenters. The maximum absolute atomic E-state index is 13.9. The molecule has 0 spiro atoms. The van der Waals surface area contributed by atoms with Crippen LogP contribution >= 0.6 is 0 Å². The fraction of sp³-hybridized carbons (Fsp3) is 0.211. The maximum atomic E-state index is 13.9. The van der Waals surface area contributed by atoms with Gasteiger partial charge in [0.05, 0.1) is 6.54 Å². The zero-order valence-electron chi connectivity index (χ0n) is 13.1. The second-order valence-corrected chi connectivity index (χ2v) is 5.56. The topological polar surface area (TPSA) is 34.0 Å². The minimum atomic E-state index is -0.197. The Labute approximate surface area is 134 Å². The molecule has 1 amide bonds. The Morgan fingerprint density at radius 2 is 1.83 bits per heavy atom. The Kier molecular flexibility index (Phi) is 4.42. The molecule has 0 unspecified atom stereocenters. The van der Waals surface area contributed by atoms with E-state index in [0.717, 1.165) is 16.5 Å². The maximum Gasteiger partial charge on any atom is 0.220 e. The summed E-state index contributed by atoms with van der Waals surface area (Å²) >= 11 is 0. The monoisotopic (exact) mass is 310 g/mol. The number of nitrogens with one attached hydrogen (secondary N) is 1. The number of amides is 1. The number of fused-ring (bicyclic) bond motifs is 1. The molecule has 1 heterocycles. The van der Waals surface area contributed by atoms with Crippen LogP contribution in [-0.4, -0.2) is 17.5 Å². The Bertz CT molecular complexity index is 838. The van der Waals surface area contributed by atoms with Crippen molar-refractivity contribution in [3.63, 3.8) is 0 Å². The van der Waals surface area contributed by atoms with Crippen molar-refractivity contribution < 1.29 is 9.18 Å². The smallest absolute Gasteiger partial charge is 0.220 e. The third-order valence-electron chi connectivity index (χ3n) is 4.07. The summed E-state index contributed by atoms with van der Waals surface area (Å²) in [4.78, 5) is 11.5. The molecule has 2 aromatic carbocycles. The molecule has 0 aliphatic rings. The molecule has 23 heavy (non-hydrogen) atoms. The molecule has 0 saturated heterocycles. The van der Waals surface area contributed by atoms with Crippen molar-refractivity contribution in [2.24, 2.45) is 0 Å². The van der Waals surface area contributed by atoms with Gasteiger partial charge >= 0.3 is 0 Å². The van der Waals surface area contributed by atoms with E-state index in [1.165, 1.54) is 6.07 Å². The molecule has 0 aliphatic carbocycles. The van der Waals surface area contributed by atoms with Gasteiger partial charge in [-0.1, -0.05) is 36.4 Å². The van der Waals surface area contributed by atoms with Crippen molar-refractivity contribution in [3.8, 4) is 0 Å². The third-order valence-corrected chi connectivity index (χ3v) is 4.07. The number of aromatic nitrogens is 1. The molecule has 3 rings (SSSR count). The summed E-state index contributed by atoms with van der Waals surface area (Å²) in [6.45, 7) is 0.479. The van der Waals surface area contributed by atoms with E-state index in [9.17, 15) is 9.18 Å². The summed E-state index contributed by atoms with van der Waals surface area (Å²) in [5, 5.41) is 3.76. The highest BCUT2D eigenvalue weighted by atomic mass is 19.1. The summed E-state index contributed by atoms with van der Waals surface area (Å²) in [6.07, 6.45) is 3.15. The molecular formula is C19H19FN2O. The van der Waals surface area contributed by atoms with Crippen molar-refractivity contribution in [2.75, 3.05) is 7.05 Å². The molecule has 1 aromatic heterocycles. The Balaban J connectivity index is 1.94. The van der Waals surface area contributed by atoms with Crippen molar-refractivity contribution in [1.29, 1.82) is 0 Å². The fourth-order valence-electron chi connectivity index (χ4n) is 2.84. The zero-order chi connectivity index (χ0) is 16.2. The highest BCUT2D eigenvalue weighted by Crippen LogP contribution is 2.24. The second-order valence-electron chi connectivity index (χ2n) is 5.56. The molecule has 1 N–H and O–H groups in total. The lowest BCUT2D eigenvalue weighted by molar-refractivity contribution is -0.120. The fourth-order valence-corrected chi connectivity index (χ4v) is 2.84. The summed E-state index contributed by atoms with van der Waals surface area (Å²) in [6, 6.07) is 14.9. The first-order valence-electron chi connectivity index (χ1n) is 7.70. The molecule has 0 aliphatic heterocycles. The van der Waals surface area contributed by atoms with Gasteiger partial charge in [0, 0.05) is 36.1 Å². The van der Waals surface area contributed by atoms with Gasteiger partial charge in [-0.25, -0.2) is 4.39 Å². The van der Waals surface area contributed by atoms with Gasteiger partial charge in [0.25, 0.3) is 0 Å². The van der Waals surface area contributed by atoms with Crippen LogP contribution in [0.5, 0.6) is 0 Å². The zero-order valence-corrected chi connectivity index (χ0v) is 13.1. The summed E-state index contributed by atoms with van der Waals surface area (Å²) in [5.41, 5.74) is 2.83. The lowest BCUT2D eigenvalue weighted by Crippen LogP contribution is -2.17. The lowest BCUT2D eigenvalue weighted by atomic mass is 10.1. The molecule has 118 valence electrons. The highest BCUT2D eigenvalue weighted by Gasteiger charge is 2.11. The van der Waals surface area contributed by atoms with E-state index >= 15 is 0 Å². The molecule has 4 heteroatoms. The van der Waals surface area contributed by atoms with Crippen LogP contribution in [0.4, 0.5) is 4.39 Å². The molecule has 3 aromatic rings. The number of carbonyl (C=O) groups is 1. The molecule has 0 radical (unpaired) electrons. The van der Waals surface area contributed by atoms with E-state index in [1.54, 1.807) is 19.2 Å². The van der Waals surface area contributed by atoms with E-state index in [0.29, 0.717) is 24.9 Å². The summed E-state index contributed by atoms with van der Waals surface area (Å²) in [5.74, 6) is -0.173. The number of rotatable bonds is 5. The van der Waals surface area contributed by atoms with Crippen LogP contribution in [0.2, 0.25) is 0 Å². The van der Waals surface area contributed by atoms with Crippen molar-refractivity contribution >= 4 is 16.8 Å². The van der Waals surface area contributed by atoms with Gasteiger partial charge in [-0.05, 0) is 24.1 Å². The molecule has 0 saturated carbocycles. The van der Waals surface area contributed by atoms with Gasteiger partial charge in [-0.2, -0.15) is 0 Å².